The van der Waals surface area contributed by atoms with Crippen LogP contribution in [0.2, 0.25) is 0 Å². The molecular weight excluding hydrogens is 240 g/mol. The summed E-state index contributed by atoms with van der Waals surface area (Å²) in [5, 5.41) is 8.00. The number of aromatic nitrogens is 2. The molecule has 0 aromatic carbocycles. The molecule has 0 amide bonds. The minimum absolute atomic E-state index is 0.271. The van der Waals surface area contributed by atoms with Crippen LogP contribution in [0, 0.1) is 0 Å². The third-order valence-corrected chi connectivity index (χ3v) is 3.15. The van der Waals surface area contributed by atoms with Crippen molar-refractivity contribution in [2.24, 2.45) is 0 Å². The van der Waals surface area contributed by atoms with Gasteiger partial charge in [0.1, 0.15) is 0 Å². The van der Waals surface area contributed by atoms with Gasteiger partial charge in [-0.15, -0.1) is 0 Å². The molecule has 0 fully saturated rings. The highest BCUT2D eigenvalue weighted by molar-refractivity contribution is 5.28. The van der Waals surface area contributed by atoms with E-state index in [0.29, 0.717) is 6.04 Å². The topological polar surface area (TPSA) is 42.3 Å². The van der Waals surface area contributed by atoms with E-state index >= 15 is 0 Å². The van der Waals surface area contributed by atoms with Crippen molar-refractivity contribution >= 4 is 0 Å². The summed E-state index contributed by atoms with van der Waals surface area (Å²) >= 11 is 0. The van der Waals surface area contributed by atoms with Gasteiger partial charge in [-0.1, -0.05) is 6.92 Å². The summed E-state index contributed by atoms with van der Waals surface area (Å²) in [6.45, 7) is 8.38. The lowest BCUT2D eigenvalue weighted by Crippen LogP contribution is -2.28. The van der Waals surface area contributed by atoms with Gasteiger partial charge in [-0.05, 0) is 47.5 Å². The third kappa shape index (κ3) is 4.21. The lowest BCUT2D eigenvalue weighted by atomic mass is 10.1. The van der Waals surface area contributed by atoms with Crippen molar-refractivity contribution in [3.05, 3.63) is 11.9 Å². The molecule has 0 bridgehead atoms. The predicted molar refractivity (Wildman–Crippen MR) is 78.8 cm³/mol. The van der Waals surface area contributed by atoms with Crippen LogP contribution in [-0.4, -0.2) is 49.0 Å². The Balaban J connectivity index is 3.01. The molecule has 1 aromatic rings. The van der Waals surface area contributed by atoms with Gasteiger partial charge in [0.2, 0.25) is 0 Å². The molecule has 1 atom stereocenters. The van der Waals surface area contributed by atoms with E-state index in [2.05, 4.69) is 54.9 Å². The highest BCUT2D eigenvalue weighted by Gasteiger charge is 2.22. The van der Waals surface area contributed by atoms with E-state index in [1.54, 1.807) is 7.11 Å². The Bertz CT molecular complexity index is 374. The maximum Gasteiger partial charge on any atom is 0.161 e. The number of methoxy groups -OCH3 is 1. The molecule has 0 saturated heterocycles. The molecule has 1 heterocycles. The fraction of sp³-hybridized carbons (Fsp3) is 0.786. The van der Waals surface area contributed by atoms with Gasteiger partial charge in [0, 0.05) is 6.04 Å². The molecule has 1 rings (SSSR count). The van der Waals surface area contributed by atoms with Crippen LogP contribution in [0.5, 0.6) is 5.75 Å². The van der Waals surface area contributed by atoms with E-state index in [0.717, 1.165) is 31.0 Å². The molecule has 19 heavy (non-hydrogen) atoms. The van der Waals surface area contributed by atoms with Gasteiger partial charge in [0.25, 0.3) is 0 Å². The van der Waals surface area contributed by atoms with Crippen molar-refractivity contribution in [3.8, 4) is 5.75 Å². The van der Waals surface area contributed by atoms with Crippen LogP contribution in [0.1, 0.15) is 45.0 Å². The molecule has 1 N–H and O–H groups in total. The van der Waals surface area contributed by atoms with E-state index in [1.807, 2.05) is 6.20 Å². The Hall–Kier alpha value is -1.07. The second-order valence-electron chi connectivity index (χ2n) is 5.34. The lowest BCUT2D eigenvalue weighted by Gasteiger charge is -2.23. The van der Waals surface area contributed by atoms with Crippen LogP contribution in [0.3, 0.4) is 0 Å². The van der Waals surface area contributed by atoms with Gasteiger partial charge in [-0.3, -0.25) is 4.68 Å². The zero-order valence-electron chi connectivity index (χ0n) is 13.1. The first-order valence-corrected chi connectivity index (χ1v) is 7.00. The first-order chi connectivity index (χ1) is 9.01. The second-order valence-corrected chi connectivity index (χ2v) is 5.34. The Morgan fingerprint density at radius 1 is 1.42 bits per heavy atom. The van der Waals surface area contributed by atoms with Crippen LogP contribution >= 0.6 is 0 Å². The summed E-state index contributed by atoms with van der Waals surface area (Å²) < 4.78 is 7.53. The van der Waals surface area contributed by atoms with E-state index in [-0.39, 0.29) is 6.04 Å². The van der Waals surface area contributed by atoms with Crippen LogP contribution in [-0.2, 0) is 0 Å². The quantitative estimate of drug-likeness (QED) is 0.784. The maximum absolute atomic E-state index is 5.47. The molecule has 5 heteroatoms. The fourth-order valence-corrected chi connectivity index (χ4v) is 2.23. The molecule has 110 valence electrons. The van der Waals surface area contributed by atoms with Crippen molar-refractivity contribution in [1.82, 2.24) is 20.0 Å². The average Bonchev–Trinajstić information content (AvgIpc) is 2.77. The monoisotopic (exact) mass is 268 g/mol. The molecule has 0 aliphatic heterocycles. The van der Waals surface area contributed by atoms with Crippen molar-refractivity contribution in [2.75, 3.05) is 34.3 Å². The predicted octanol–water partition coefficient (Wildman–Crippen LogP) is 2.07. The highest BCUT2D eigenvalue weighted by atomic mass is 16.5. The summed E-state index contributed by atoms with van der Waals surface area (Å²) in [7, 11) is 5.90. The zero-order valence-corrected chi connectivity index (χ0v) is 13.1. The normalized spacial score (nSPS) is 13.3. The average molecular weight is 268 g/mol. The molecule has 0 radical (unpaired) electrons. The largest absolute Gasteiger partial charge is 0.493 e. The number of ether oxygens (including phenoxy) is 1. The standard InChI is InChI=1S/C14H28N4O/c1-7-15-12(8-9-17(4)5)14-13(19-6)10-16-18(14)11(2)3/h10-12,15H,7-9H2,1-6H3. The maximum atomic E-state index is 5.47. The SMILES string of the molecule is CCNC(CCN(C)C)c1c(OC)cnn1C(C)C. The minimum atomic E-state index is 0.271. The smallest absolute Gasteiger partial charge is 0.161 e. The molecule has 0 aliphatic rings. The highest BCUT2D eigenvalue weighted by Crippen LogP contribution is 2.29. The van der Waals surface area contributed by atoms with Crippen molar-refractivity contribution < 1.29 is 4.74 Å². The van der Waals surface area contributed by atoms with Crippen LogP contribution in [0.4, 0.5) is 0 Å². The fourth-order valence-electron chi connectivity index (χ4n) is 2.23. The van der Waals surface area contributed by atoms with Crippen LogP contribution < -0.4 is 10.1 Å². The molecule has 0 spiro atoms. The molecule has 1 unspecified atom stereocenters. The number of hydrogen-bond acceptors (Lipinski definition) is 4. The summed E-state index contributed by atoms with van der Waals surface area (Å²) in [5.74, 6) is 0.874. The van der Waals surface area contributed by atoms with E-state index in [1.165, 1.54) is 0 Å². The summed E-state index contributed by atoms with van der Waals surface area (Å²) in [6.07, 6.45) is 2.85. The molecule has 1 aromatic heterocycles. The lowest BCUT2D eigenvalue weighted by molar-refractivity contribution is 0.337. The molecule has 5 nitrogen and oxygen atoms in total. The van der Waals surface area contributed by atoms with Crippen LogP contribution in [0.25, 0.3) is 0 Å². The van der Waals surface area contributed by atoms with E-state index in [4.69, 9.17) is 4.74 Å². The van der Waals surface area contributed by atoms with Gasteiger partial charge in [-0.25, -0.2) is 0 Å². The summed E-state index contributed by atoms with van der Waals surface area (Å²) in [4.78, 5) is 2.20. The van der Waals surface area contributed by atoms with E-state index in [9.17, 15) is 0 Å². The van der Waals surface area contributed by atoms with E-state index < -0.39 is 0 Å². The summed E-state index contributed by atoms with van der Waals surface area (Å²) in [6, 6.07) is 0.603. The minimum Gasteiger partial charge on any atom is -0.493 e. The first kappa shape index (κ1) is 16.0. The Kier molecular flexibility index (Phi) is 6.31. The number of nitrogens with one attached hydrogen (secondary N) is 1. The van der Waals surface area contributed by atoms with Crippen LogP contribution in [0.15, 0.2) is 6.20 Å². The first-order valence-electron chi connectivity index (χ1n) is 7.00. The Labute approximate surface area is 116 Å². The van der Waals surface area contributed by atoms with Crippen molar-refractivity contribution in [2.45, 2.75) is 39.3 Å². The number of rotatable bonds is 8. The third-order valence-electron chi connectivity index (χ3n) is 3.15. The van der Waals surface area contributed by atoms with Gasteiger partial charge in [0.15, 0.2) is 5.75 Å². The van der Waals surface area contributed by atoms with Crippen molar-refractivity contribution in [1.29, 1.82) is 0 Å². The summed E-state index contributed by atoms with van der Waals surface area (Å²) in [5.41, 5.74) is 1.15. The Morgan fingerprint density at radius 2 is 2.11 bits per heavy atom. The molecular formula is C14H28N4O. The van der Waals surface area contributed by atoms with Crippen molar-refractivity contribution in [3.63, 3.8) is 0 Å². The van der Waals surface area contributed by atoms with Gasteiger partial charge in [0.05, 0.1) is 25.0 Å². The molecule has 0 saturated carbocycles. The van der Waals surface area contributed by atoms with Gasteiger partial charge in [-0.2, -0.15) is 5.10 Å². The second kappa shape index (κ2) is 7.50. The zero-order chi connectivity index (χ0) is 14.4. The van der Waals surface area contributed by atoms with Gasteiger partial charge < -0.3 is 15.0 Å². The number of nitrogens with zero attached hydrogens (tertiary/aromatic N) is 3. The number of hydrogen-bond donors (Lipinski definition) is 1. The van der Waals surface area contributed by atoms with Gasteiger partial charge >= 0.3 is 0 Å². The Morgan fingerprint density at radius 3 is 2.58 bits per heavy atom. The molecule has 0 aliphatic carbocycles.